The number of halogens is 3. The van der Waals surface area contributed by atoms with E-state index in [2.05, 4.69) is 16.9 Å². The lowest BCUT2D eigenvalue weighted by Crippen LogP contribution is -2.50. The van der Waals surface area contributed by atoms with E-state index in [0.717, 1.165) is 12.1 Å². The molecule has 7 nitrogen and oxygen atoms in total. The summed E-state index contributed by atoms with van der Waals surface area (Å²) in [5, 5.41) is 2.70. The lowest BCUT2D eigenvalue weighted by Gasteiger charge is -2.27. The summed E-state index contributed by atoms with van der Waals surface area (Å²) in [7, 11) is 1.54. The molecule has 3 N–H and O–H groups in total. The minimum atomic E-state index is -4.51. The zero-order chi connectivity index (χ0) is 28.9. The first-order valence-corrected chi connectivity index (χ1v) is 12.7. The summed E-state index contributed by atoms with van der Waals surface area (Å²) in [6.45, 7) is 7.49. The molecule has 0 aromatic heterocycles. The zero-order valence-electron chi connectivity index (χ0n) is 22.2. The predicted molar refractivity (Wildman–Crippen MR) is 144 cm³/mol. The molecule has 39 heavy (non-hydrogen) atoms. The van der Waals surface area contributed by atoms with Gasteiger partial charge in [0.2, 0.25) is 18.0 Å². The Morgan fingerprint density at radius 1 is 1.13 bits per heavy atom. The van der Waals surface area contributed by atoms with Crippen LogP contribution in [0.2, 0.25) is 0 Å². The second-order valence-electron chi connectivity index (χ2n) is 9.99. The van der Waals surface area contributed by atoms with Crippen molar-refractivity contribution >= 4 is 29.1 Å². The molecular weight excluding hydrogens is 509 g/mol. The van der Waals surface area contributed by atoms with Gasteiger partial charge in [0.05, 0.1) is 17.0 Å². The molecule has 0 fully saturated rings. The Hall–Kier alpha value is -3.95. The van der Waals surface area contributed by atoms with Crippen molar-refractivity contribution in [3.8, 4) is 0 Å². The lowest BCUT2D eigenvalue weighted by atomic mass is 9.81. The number of fused-ring (bicyclic) bond motifs is 1. The standard InChI is InChI=1S/C29H33F3N4O3/c1-5-6-9-20(25(33)37)22(16-17(2)3)27(38)35-26-28(39)36(4)23-11-8-7-10-21(23)24(34-26)18-12-14-19(15-13-18)29(30,31)32/h5,7-8,10-15,17,20,22,26H,1,6,9,16H2,2-4H3,(H2,33,37)(H,35,38)/t20-,22+,26+/m0/s1. The summed E-state index contributed by atoms with van der Waals surface area (Å²) in [4.78, 5) is 45.3. The van der Waals surface area contributed by atoms with Gasteiger partial charge in [-0.3, -0.25) is 14.4 Å². The minimum Gasteiger partial charge on any atom is -0.369 e. The highest BCUT2D eigenvalue weighted by molar-refractivity contribution is 6.20. The number of nitrogens with zero attached hydrogens (tertiary/aromatic N) is 2. The predicted octanol–water partition coefficient (Wildman–Crippen LogP) is 4.69. The topological polar surface area (TPSA) is 105 Å². The maximum Gasteiger partial charge on any atom is 0.416 e. The van der Waals surface area contributed by atoms with E-state index in [1.807, 2.05) is 13.8 Å². The van der Waals surface area contributed by atoms with Gasteiger partial charge in [-0.15, -0.1) is 6.58 Å². The van der Waals surface area contributed by atoms with Gasteiger partial charge in [0.1, 0.15) is 0 Å². The van der Waals surface area contributed by atoms with Crippen molar-refractivity contribution < 1.29 is 27.6 Å². The van der Waals surface area contributed by atoms with Crippen LogP contribution in [0.3, 0.4) is 0 Å². The van der Waals surface area contributed by atoms with Crippen molar-refractivity contribution in [1.29, 1.82) is 0 Å². The van der Waals surface area contributed by atoms with E-state index < -0.39 is 47.5 Å². The third-order valence-corrected chi connectivity index (χ3v) is 6.70. The number of likely N-dealkylation sites (N-methyl/N-ethyl adjacent to an activating group) is 1. The molecule has 0 spiro atoms. The third-order valence-electron chi connectivity index (χ3n) is 6.70. The van der Waals surface area contributed by atoms with Gasteiger partial charge in [-0.1, -0.05) is 50.3 Å². The lowest BCUT2D eigenvalue weighted by molar-refractivity contribution is -0.137. The van der Waals surface area contributed by atoms with E-state index in [1.165, 1.54) is 24.1 Å². The van der Waals surface area contributed by atoms with Gasteiger partial charge in [-0.2, -0.15) is 13.2 Å². The molecule has 1 aliphatic heterocycles. The first-order valence-electron chi connectivity index (χ1n) is 12.7. The largest absolute Gasteiger partial charge is 0.416 e. The first-order chi connectivity index (χ1) is 18.3. The second kappa shape index (κ2) is 12.3. The molecule has 1 aliphatic rings. The van der Waals surface area contributed by atoms with Gasteiger partial charge in [0, 0.05) is 30.0 Å². The molecule has 0 unspecified atom stereocenters. The molecule has 2 aromatic carbocycles. The molecule has 0 saturated heterocycles. The quantitative estimate of drug-likeness (QED) is 0.426. The van der Waals surface area contributed by atoms with Crippen LogP contribution in [0, 0.1) is 17.8 Å². The Balaban J connectivity index is 2.06. The van der Waals surface area contributed by atoms with E-state index in [-0.39, 0.29) is 11.6 Å². The molecular formula is C29H33F3N4O3. The number of alkyl halides is 3. The number of nitrogens with two attached hydrogens (primary N) is 1. The van der Waals surface area contributed by atoms with Gasteiger partial charge < -0.3 is 16.0 Å². The molecule has 0 aliphatic carbocycles. The highest BCUT2D eigenvalue weighted by atomic mass is 19.4. The highest BCUT2D eigenvalue weighted by Gasteiger charge is 2.37. The number of nitrogens with one attached hydrogen (secondary N) is 1. The maximum absolute atomic E-state index is 13.6. The number of para-hydroxylation sites is 1. The molecule has 3 rings (SSSR count). The third kappa shape index (κ3) is 6.93. The summed E-state index contributed by atoms with van der Waals surface area (Å²) in [6.07, 6.45) is -3.09. The number of anilines is 1. The number of amides is 3. The first kappa shape index (κ1) is 29.6. The van der Waals surface area contributed by atoms with Gasteiger partial charge in [0.25, 0.3) is 5.91 Å². The fraction of sp³-hybridized carbons (Fsp3) is 0.379. The van der Waals surface area contributed by atoms with Gasteiger partial charge >= 0.3 is 6.18 Å². The van der Waals surface area contributed by atoms with Crippen molar-refractivity contribution in [2.24, 2.45) is 28.5 Å². The van der Waals surface area contributed by atoms with Crippen LogP contribution in [0.25, 0.3) is 0 Å². The maximum atomic E-state index is 13.6. The van der Waals surface area contributed by atoms with Crippen molar-refractivity contribution in [2.75, 3.05) is 11.9 Å². The van der Waals surface area contributed by atoms with Crippen LogP contribution in [0.1, 0.15) is 49.8 Å². The van der Waals surface area contributed by atoms with Crippen LogP contribution >= 0.6 is 0 Å². The summed E-state index contributed by atoms with van der Waals surface area (Å²) in [5.74, 6) is -3.25. The number of primary amides is 1. The van der Waals surface area contributed by atoms with Gasteiger partial charge in [0.15, 0.2) is 0 Å². The fourth-order valence-electron chi connectivity index (χ4n) is 4.71. The average Bonchev–Trinajstić information content (AvgIpc) is 2.98. The number of rotatable bonds is 10. The number of hydrogen-bond donors (Lipinski definition) is 2. The van der Waals surface area contributed by atoms with E-state index in [0.29, 0.717) is 36.1 Å². The Morgan fingerprint density at radius 2 is 1.77 bits per heavy atom. The summed E-state index contributed by atoms with van der Waals surface area (Å²) >= 11 is 0. The van der Waals surface area contributed by atoms with E-state index in [9.17, 15) is 27.6 Å². The normalized spacial score (nSPS) is 17.1. The van der Waals surface area contributed by atoms with Gasteiger partial charge in [-0.05, 0) is 43.4 Å². The average molecular weight is 543 g/mol. The number of benzene rings is 2. The van der Waals surface area contributed by atoms with E-state index in [4.69, 9.17) is 5.73 Å². The number of hydrogen-bond acceptors (Lipinski definition) is 4. The smallest absolute Gasteiger partial charge is 0.369 e. The zero-order valence-corrected chi connectivity index (χ0v) is 22.2. The van der Waals surface area contributed by atoms with Crippen molar-refractivity contribution in [2.45, 2.75) is 45.5 Å². The summed E-state index contributed by atoms with van der Waals surface area (Å²) in [6, 6.07) is 11.3. The van der Waals surface area contributed by atoms with Crippen LogP contribution in [0.5, 0.6) is 0 Å². The van der Waals surface area contributed by atoms with Gasteiger partial charge in [-0.25, -0.2) is 4.99 Å². The molecule has 0 radical (unpaired) electrons. The Morgan fingerprint density at radius 3 is 2.33 bits per heavy atom. The van der Waals surface area contributed by atoms with Crippen LogP contribution in [0.4, 0.5) is 18.9 Å². The van der Waals surface area contributed by atoms with Crippen molar-refractivity contribution in [3.63, 3.8) is 0 Å². The number of carbonyl (C=O) groups is 3. The molecule has 1 heterocycles. The Labute approximate surface area is 226 Å². The van der Waals surface area contributed by atoms with Crippen molar-refractivity contribution in [3.05, 3.63) is 77.9 Å². The second-order valence-corrected chi connectivity index (χ2v) is 9.99. The van der Waals surface area contributed by atoms with Crippen LogP contribution in [-0.4, -0.2) is 36.6 Å². The number of carbonyl (C=O) groups excluding carboxylic acids is 3. The number of aliphatic imine (C=N–C) groups is 1. The van der Waals surface area contributed by atoms with Crippen LogP contribution < -0.4 is 16.0 Å². The van der Waals surface area contributed by atoms with Crippen molar-refractivity contribution in [1.82, 2.24) is 5.32 Å². The molecule has 10 heteroatoms. The minimum absolute atomic E-state index is 0.0503. The SMILES string of the molecule is C=CCC[C@H](C(N)=O)[C@@H](CC(C)C)C(=O)N[C@H]1N=C(c2ccc(C(F)(F)F)cc2)c2ccccc2N(C)C1=O. The molecule has 0 bridgehead atoms. The number of allylic oxidation sites excluding steroid dienone is 1. The molecule has 2 aromatic rings. The van der Waals surface area contributed by atoms with E-state index >= 15 is 0 Å². The van der Waals surface area contributed by atoms with Crippen LogP contribution in [-0.2, 0) is 20.6 Å². The Kier molecular flexibility index (Phi) is 9.32. The molecule has 3 amide bonds. The summed E-state index contributed by atoms with van der Waals surface area (Å²) in [5.41, 5.74) is 6.44. The molecule has 3 atom stereocenters. The fourth-order valence-corrected chi connectivity index (χ4v) is 4.71. The summed E-state index contributed by atoms with van der Waals surface area (Å²) < 4.78 is 39.5. The highest BCUT2D eigenvalue weighted by Crippen LogP contribution is 2.32. The van der Waals surface area contributed by atoms with Crippen LogP contribution in [0.15, 0.2) is 66.2 Å². The Bertz CT molecular complexity index is 1260. The number of benzodiazepines with no additional fused rings is 1. The van der Waals surface area contributed by atoms with E-state index in [1.54, 1.807) is 30.3 Å². The monoisotopic (exact) mass is 542 g/mol. The molecule has 0 saturated carbocycles. The molecule has 208 valence electrons.